The second-order valence-electron chi connectivity index (χ2n) is 8.17. The fourth-order valence-electron chi connectivity index (χ4n) is 4.17. The zero-order valence-electron chi connectivity index (χ0n) is 17.1. The summed E-state index contributed by atoms with van der Waals surface area (Å²) >= 11 is 0. The zero-order chi connectivity index (χ0) is 20.2. The number of hydrogen-bond acceptors (Lipinski definition) is 3. The van der Waals surface area contributed by atoms with Crippen LogP contribution in [0.15, 0.2) is 48.5 Å². The molecule has 0 spiro atoms. The van der Waals surface area contributed by atoms with E-state index < -0.39 is 0 Å². The van der Waals surface area contributed by atoms with Crippen LogP contribution in [0.5, 0.6) is 0 Å². The number of carbonyl (C=O) groups is 2. The molecule has 2 aliphatic heterocycles. The molecule has 5 heteroatoms. The molecule has 2 aromatic rings. The summed E-state index contributed by atoms with van der Waals surface area (Å²) in [4.78, 5) is 29.2. The summed E-state index contributed by atoms with van der Waals surface area (Å²) in [6.07, 6.45) is 4.06. The SMILES string of the molecule is Cc1ccc(CNC(=O)C2CC(=O)N(c3ccc(N4CCCCC4)cc3)C2)cc1. The largest absolute Gasteiger partial charge is 0.372 e. The summed E-state index contributed by atoms with van der Waals surface area (Å²) < 4.78 is 0. The number of piperidine rings is 1. The highest BCUT2D eigenvalue weighted by molar-refractivity contribution is 6.00. The van der Waals surface area contributed by atoms with Crippen molar-refractivity contribution in [1.82, 2.24) is 5.32 Å². The van der Waals surface area contributed by atoms with Gasteiger partial charge in [0, 0.05) is 44.0 Å². The maximum Gasteiger partial charge on any atom is 0.227 e. The molecular weight excluding hydrogens is 362 g/mol. The number of aryl methyl sites for hydroxylation is 1. The van der Waals surface area contributed by atoms with Gasteiger partial charge in [-0.3, -0.25) is 9.59 Å². The molecule has 1 unspecified atom stereocenters. The van der Waals surface area contributed by atoms with Crippen molar-refractivity contribution in [2.45, 2.75) is 39.2 Å². The smallest absolute Gasteiger partial charge is 0.227 e. The molecule has 4 rings (SSSR count). The zero-order valence-corrected chi connectivity index (χ0v) is 17.1. The highest BCUT2D eigenvalue weighted by Gasteiger charge is 2.35. The van der Waals surface area contributed by atoms with Gasteiger partial charge in [0.15, 0.2) is 0 Å². The van der Waals surface area contributed by atoms with Gasteiger partial charge in [-0.2, -0.15) is 0 Å². The van der Waals surface area contributed by atoms with Gasteiger partial charge in [0.25, 0.3) is 0 Å². The van der Waals surface area contributed by atoms with E-state index in [1.54, 1.807) is 4.90 Å². The lowest BCUT2D eigenvalue weighted by Crippen LogP contribution is -2.32. The van der Waals surface area contributed by atoms with Crippen molar-refractivity contribution in [3.05, 3.63) is 59.7 Å². The van der Waals surface area contributed by atoms with Crippen molar-refractivity contribution < 1.29 is 9.59 Å². The average molecular weight is 392 g/mol. The van der Waals surface area contributed by atoms with Gasteiger partial charge in [-0.15, -0.1) is 0 Å². The molecule has 2 heterocycles. The minimum atomic E-state index is -0.297. The molecule has 152 valence electrons. The molecule has 0 aliphatic carbocycles. The van der Waals surface area contributed by atoms with Crippen molar-refractivity contribution in [3.63, 3.8) is 0 Å². The third-order valence-corrected chi connectivity index (χ3v) is 5.97. The number of nitrogens with one attached hydrogen (secondary N) is 1. The first-order chi connectivity index (χ1) is 14.1. The van der Waals surface area contributed by atoms with E-state index in [9.17, 15) is 9.59 Å². The Kier molecular flexibility index (Phi) is 5.84. The van der Waals surface area contributed by atoms with Gasteiger partial charge in [-0.05, 0) is 56.0 Å². The second kappa shape index (κ2) is 8.68. The highest BCUT2D eigenvalue weighted by atomic mass is 16.2. The van der Waals surface area contributed by atoms with E-state index in [1.807, 2.05) is 43.3 Å². The van der Waals surface area contributed by atoms with E-state index >= 15 is 0 Å². The molecule has 2 aromatic carbocycles. The number of nitrogens with zero attached hydrogens (tertiary/aromatic N) is 2. The Labute approximate surface area is 172 Å². The van der Waals surface area contributed by atoms with E-state index in [0.717, 1.165) is 24.3 Å². The molecule has 29 heavy (non-hydrogen) atoms. The van der Waals surface area contributed by atoms with Crippen LogP contribution in [0.1, 0.15) is 36.8 Å². The first-order valence-corrected chi connectivity index (χ1v) is 10.6. The summed E-state index contributed by atoms with van der Waals surface area (Å²) in [5, 5.41) is 2.98. The molecule has 2 saturated heterocycles. The van der Waals surface area contributed by atoms with E-state index in [-0.39, 0.29) is 24.2 Å². The fourth-order valence-corrected chi connectivity index (χ4v) is 4.17. The van der Waals surface area contributed by atoms with Gasteiger partial charge >= 0.3 is 0 Å². The summed E-state index contributed by atoms with van der Waals surface area (Å²) in [5.74, 6) is -0.327. The minimum absolute atomic E-state index is 0.0196. The number of anilines is 2. The fraction of sp³-hybridized carbons (Fsp3) is 0.417. The van der Waals surface area contributed by atoms with Gasteiger partial charge in [-0.25, -0.2) is 0 Å². The third kappa shape index (κ3) is 4.61. The minimum Gasteiger partial charge on any atom is -0.372 e. The Morgan fingerprint density at radius 3 is 2.31 bits per heavy atom. The highest BCUT2D eigenvalue weighted by Crippen LogP contribution is 2.28. The average Bonchev–Trinajstić information content (AvgIpc) is 3.15. The van der Waals surface area contributed by atoms with Crippen LogP contribution in [0.25, 0.3) is 0 Å². The molecular formula is C24H29N3O2. The van der Waals surface area contributed by atoms with Crippen molar-refractivity contribution in [3.8, 4) is 0 Å². The van der Waals surface area contributed by atoms with Gasteiger partial charge in [-0.1, -0.05) is 29.8 Å². The van der Waals surface area contributed by atoms with Crippen LogP contribution in [-0.2, 0) is 16.1 Å². The first kappa shape index (κ1) is 19.5. The normalized spacial score (nSPS) is 19.5. The number of rotatable bonds is 5. The maximum absolute atomic E-state index is 12.6. The van der Waals surface area contributed by atoms with Crippen LogP contribution >= 0.6 is 0 Å². The lowest BCUT2D eigenvalue weighted by molar-refractivity contribution is -0.126. The van der Waals surface area contributed by atoms with E-state index in [1.165, 1.54) is 30.5 Å². The molecule has 1 N–H and O–H groups in total. The summed E-state index contributed by atoms with van der Waals surface area (Å²) in [6, 6.07) is 16.3. The molecule has 0 bridgehead atoms. The Morgan fingerprint density at radius 2 is 1.62 bits per heavy atom. The predicted octanol–water partition coefficient (Wildman–Crippen LogP) is 3.65. The standard InChI is InChI=1S/C24H29N3O2/c1-18-5-7-19(8-6-18)16-25-24(29)20-15-23(28)27(17-20)22-11-9-21(10-12-22)26-13-3-2-4-14-26/h5-12,20H,2-4,13-17H2,1H3,(H,25,29). The van der Waals surface area contributed by atoms with Crippen LogP contribution in [0, 0.1) is 12.8 Å². The van der Waals surface area contributed by atoms with Crippen LogP contribution in [0.4, 0.5) is 11.4 Å². The van der Waals surface area contributed by atoms with Gasteiger partial charge in [0.2, 0.25) is 11.8 Å². The van der Waals surface area contributed by atoms with Gasteiger partial charge in [0.1, 0.15) is 0 Å². The number of amides is 2. The molecule has 2 fully saturated rings. The van der Waals surface area contributed by atoms with Crippen molar-refractivity contribution >= 4 is 23.2 Å². The quantitative estimate of drug-likeness (QED) is 0.846. The molecule has 1 atom stereocenters. The Morgan fingerprint density at radius 1 is 0.966 bits per heavy atom. The maximum atomic E-state index is 12.6. The van der Waals surface area contributed by atoms with Crippen molar-refractivity contribution in [2.24, 2.45) is 5.92 Å². The van der Waals surface area contributed by atoms with E-state index in [0.29, 0.717) is 13.1 Å². The Hall–Kier alpha value is -2.82. The van der Waals surface area contributed by atoms with E-state index in [2.05, 4.69) is 22.3 Å². The molecule has 2 amide bonds. The van der Waals surface area contributed by atoms with Crippen LogP contribution < -0.4 is 15.1 Å². The van der Waals surface area contributed by atoms with Crippen molar-refractivity contribution in [2.75, 3.05) is 29.4 Å². The molecule has 2 aliphatic rings. The second-order valence-corrected chi connectivity index (χ2v) is 8.17. The predicted molar refractivity (Wildman–Crippen MR) is 116 cm³/mol. The van der Waals surface area contributed by atoms with Crippen molar-refractivity contribution in [1.29, 1.82) is 0 Å². The van der Waals surface area contributed by atoms with Gasteiger partial charge < -0.3 is 15.1 Å². The molecule has 5 nitrogen and oxygen atoms in total. The topological polar surface area (TPSA) is 52.7 Å². The molecule has 0 saturated carbocycles. The Bertz CT molecular complexity index is 855. The van der Waals surface area contributed by atoms with E-state index in [4.69, 9.17) is 0 Å². The Balaban J connectivity index is 1.34. The molecule has 0 aromatic heterocycles. The summed E-state index contributed by atoms with van der Waals surface area (Å²) in [5.41, 5.74) is 4.36. The third-order valence-electron chi connectivity index (χ3n) is 5.97. The summed E-state index contributed by atoms with van der Waals surface area (Å²) in [7, 11) is 0. The van der Waals surface area contributed by atoms with Crippen LogP contribution in [-0.4, -0.2) is 31.4 Å². The summed E-state index contributed by atoms with van der Waals surface area (Å²) in [6.45, 7) is 5.19. The number of carbonyl (C=O) groups excluding carboxylic acids is 2. The number of benzene rings is 2. The molecule has 0 radical (unpaired) electrons. The van der Waals surface area contributed by atoms with Crippen LogP contribution in [0.3, 0.4) is 0 Å². The first-order valence-electron chi connectivity index (χ1n) is 10.6. The monoisotopic (exact) mass is 391 g/mol. The lowest BCUT2D eigenvalue weighted by Gasteiger charge is -2.29. The number of hydrogen-bond donors (Lipinski definition) is 1. The van der Waals surface area contributed by atoms with Crippen LogP contribution in [0.2, 0.25) is 0 Å². The van der Waals surface area contributed by atoms with Gasteiger partial charge in [0.05, 0.1) is 5.92 Å². The lowest BCUT2D eigenvalue weighted by atomic mass is 10.1.